The maximum absolute atomic E-state index is 10.0. The number of nitrogens with zero attached hydrogens (tertiary/aromatic N) is 3. The first kappa shape index (κ1) is 16.0. The Morgan fingerprint density at radius 3 is 2.75 bits per heavy atom. The Morgan fingerprint density at radius 2 is 2.04 bits per heavy atom. The van der Waals surface area contributed by atoms with E-state index in [4.69, 9.17) is 14.2 Å². The first-order chi connectivity index (χ1) is 11.4. The van der Waals surface area contributed by atoms with E-state index in [0.717, 1.165) is 16.9 Å². The van der Waals surface area contributed by atoms with E-state index in [9.17, 15) is 5.11 Å². The summed E-state index contributed by atoms with van der Waals surface area (Å²) in [6.45, 7) is 7.61. The fourth-order valence-corrected chi connectivity index (χ4v) is 3.85. The van der Waals surface area contributed by atoms with Crippen LogP contribution in [0.5, 0.6) is 0 Å². The lowest BCUT2D eigenvalue weighted by Crippen LogP contribution is -2.45. The summed E-state index contributed by atoms with van der Waals surface area (Å²) < 4.78 is 20.4. The number of ether oxygens (including phenoxy) is 3. The SMILES string of the molecule is CC[C@]1(CO)O[C@@H](c2ccc3c(C)ncnn23)[C@@H]2OC(C)(C)O[C@@H]21. The minimum Gasteiger partial charge on any atom is -0.393 e. The molecular formula is C17H23N3O4. The molecule has 130 valence electrons. The summed E-state index contributed by atoms with van der Waals surface area (Å²) in [4.78, 5) is 4.23. The maximum Gasteiger partial charge on any atom is 0.164 e. The maximum atomic E-state index is 10.0. The van der Waals surface area contributed by atoms with Crippen LogP contribution in [0.2, 0.25) is 0 Å². The number of aliphatic hydroxyl groups excluding tert-OH is 1. The van der Waals surface area contributed by atoms with Gasteiger partial charge in [0.15, 0.2) is 5.79 Å². The van der Waals surface area contributed by atoms with Gasteiger partial charge in [0, 0.05) is 0 Å². The zero-order valence-electron chi connectivity index (χ0n) is 14.4. The van der Waals surface area contributed by atoms with Gasteiger partial charge < -0.3 is 19.3 Å². The van der Waals surface area contributed by atoms with Crippen LogP contribution in [-0.2, 0) is 14.2 Å². The van der Waals surface area contributed by atoms with Gasteiger partial charge in [-0.1, -0.05) is 6.92 Å². The molecule has 0 aromatic carbocycles. The summed E-state index contributed by atoms with van der Waals surface area (Å²) in [6.07, 6.45) is 1.20. The molecule has 4 heterocycles. The van der Waals surface area contributed by atoms with E-state index in [0.29, 0.717) is 6.42 Å². The predicted molar refractivity (Wildman–Crippen MR) is 85.5 cm³/mol. The summed E-state index contributed by atoms with van der Waals surface area (Å²) in [6, 6.07) is 3.96. The summed E-state index contributed by atoms with van der Waals surface area (Å²) in [5.41, 5.74) is 1.95. The van der Waals surface area contributed by atoms with Gasteiger partial charge in [-0.3, -0.25) is 0 Å². The van der Waals surface area contributed by atoms with Crippen LogP contribution in [0.25, 0.3) is 5.52 Å². The highest BCUT2D eigenvalue weighted by Gasteiger charge is 2.62. The van der Waals surface area contributed by atoms with Crippen LogP contribution in [0.1, 0.15) is 44.7 Å². The van der Waals surface area contributed by atoms with Crippen LogP contribution in [0.4, 0.5) is 0 Å². The van der Waals surface area contributed by atoms with Gasteiger partial charge in [0.25, 0.3) is 0 Å². The van der Waals surface area contributed by atoms with Crippen LogP contribution in [0.15, 0.2) is 18.5 Å². The number of aromatic nitrogens is 3. The van der Waals surface area contributed by atoms with Gasteiger partial charge in [0.1, 0.15) is 30.2 Å². The van der Waals surface area contributed by atoms with Gasteiger partial charge in [0.2, 0.25) is 0 Å². The van der Waals surface area contributed by atoms with E-state index in [-0.39, 0.29) is 24.9 Å². The lowest BCUT2D eigenvalue weighted by Gasteiger charge is -2.32. The lowest BCUT2D eigenvalue weighted by atomic mass is 9.92. The molecule has 24 heavy (non-hydrogen) atoms. The second-order valence-electron chi connectivity index (χ2n) is 7.04. The van der Waals surface area contributed by atoms with Crippen molar-refractivity contribution in [2.45, 2.75) is 63.8 Å². The van der Waals surface area contributed by atoms with Crippen LogP contribution in [-0.4, -0.2) is 49.9 Å². The monoisotopic (exact) mass is 333 g/mol. The highest BCUT2D eigenvalue weighted by molar-refractivity contribution is 5.52. The van der Waals surface area contributed by atoms with E-state index < -0.39 is 11.4 Å². The minimum absolute atomic E-state index is 0.113. The molecule has 0 bridgehead atoms. The fraction of sp³-hybridized carbons (Fsp3) is 0.647. The van der Waals surface area contributed by atoms with Crippen LogP contribution in [0, 0.1) is 6.92 Å². The summed E-state index contributed by atoms with van der Waals surface area (Å²) in [7, 11) is 0. The smallest absolute Gasteiger partial charge is 0.164 e. The van der Waals surface area contributed by atoms with Gasteiger partial charge in [-0.25, -0.2) is 9.50 Å². The number of hydrogen-bond donors (Lipinski definition) is 1. The third-order valence-corrected chi connectivity index (χ3v) is 5.14. The van der Waals surface area contributed by atoms with Gasteiger partial charge in [-0.05, 0) is 39.3 Å². The molecule has 0 radical (unpaired) electrons. The zero-order chi connectivity index (χ0) is 17.1. The highest BCUT2D eigenvalue weighted by Crippen LogP contribution is 2.51. The first-order valence-corrected chi connectivity index (χ1v) is 8.34. The van der Waals surface area contributed by atoms with Crippen molar-refractivity contribution in [1.82, 2.24) is 14.6 Å². The summed E-state index contributed by atoms with van der Waals surface area (Å²) in [5.74, 6) is -0.703. The number of aliphatic hydroxyl groups is 1. The Morgan fingerprint density at radius 1 is 1.25 bits per heavy atom. The standard InChI is InChI=1S/C17H23N3O4/c1-5-17(8-21)15-14(22-16(3,4)24-15)13(23-17)12-7-6-11-10(2)18-9-19-20(11)12/h6-7,9,13-15,21H,5,8H2,1-4H3/t13-,14-,15-,17+/m0/s1. The largest absolute Gasteiger partial charge is 0.393 e. The molecule has 7 nitrogen and oxygen atoms in total. The Labute approximate surface area is 140 Å². The van der Waals surface area contributed by atoms with Crippen molar-refractivity contribution in [1.29, 1.82) is 0 Å². The summed E-state index contributed by atoms with van der Waals surface area (Å²) >= 11 is 0. The molecule has 4 atom stereocenters. The topological polar surface area (TPSA) is 78.1 Å². The number of aryl methyl sites for hydroxylation is 1. The van der Waals surface area contributed by atoms with Crippen molar-refractivity contribution >= 4 is 5.52 Å². The average molecular weight is 333 g/mol. The second-order valence-corrected chi connectivity index (χ2v) is 7.04. The fourth-order valence-electron chi connectivity index (χ4n) is 3.85. The number of hydrogen-bond acceptors (Lipinski definition) is 6. The lowest BCUT2D eigenvalue weighted by molar-refractivity contribution is -0.218. The molecule has 0 saturated carbocycles. The Balaban J connectivity index is 1.81. The van der Waals surface area contributed by atoms with E-state index in [1.165, 1.54) is 6.33 Å². The molecule has 4 rings (SSSR count). The first-order valence-electron chi connectivity index (χ1n) is 8.34. The van der Waals surface area contributed by atoms with E-state index in [1.54, 1.807) is 0 Å². The van der Waals surface area contributed by atoms with Crippen molar-refractivity contribution in [2.24, 2.45) is 0 Å². The van der Waals surface area contributed by atoms with Gasteiger partial charge >= 0.3 is 0 Å². The van der Waals surface area contributed by atoms with E-state index >= 15 is 0 Å². The van der Waals surface area contributed by atoms with Crippen LogP contribution in [0.3, 0.4) is 0 Å². The minimum atomic E-state index is -0.769. The zero-order valence-corrected chi connectivity index (χ0v) is 14.4. The van der Waals surface area contributed by atoms with Gasteiger partial charge in [-0.15, -0.1) is 0 Å². The number of rotatable bonds is 3. The average Bonchev–Trinajstić information content (AvgIpc) is 3.18. The van der Waals surface area contributed by atoms with Crippen LogP contribution < -0.4 is 0 Å². The molecule has 2 aromatic heterocycles. The van der Waals surface area contributed by atoms with Crippen molar-refractivity contribution in [3.63, 3.8) is 0 Å². The molecule has 2 aliphatic heterocycles. The molecule has 1 N–H and O–H groups in total. The molecule has 2 fully saturated rings. The van der Waals surface area contributed by atoms with Crippen molar-refractivity contribution < 1.29 is 19.3 Å². The molecule has 0 aliphatic carbocycles. The van der Waals surface area contributed by atoms with E-state index in [2.05, 4.69) is 10.1 Å². The van der Waals surface area contributed by atoms with Crippen LogP contribution >= 0.6 is 0 Å². The third-order valence-electron chi connectivity index (χ3n) is 5.14. The van der Waals surface area contributed by atoms with E-state index in [1.807, 2.05) is 44.3 Å². The molecule has 2 aromatic rings. The van der Waals surface area contributed by atoms with Crippen molar-refractivity contribution in [2.75, 3.05) is 6.61 Å². The Kier molecular flexibility index (Phi) is 3.47. The molecule has 7 heteroatoms. The van der Waals surface area contributed by atoms with Crippen molar-refractivity contribution in [3.05, 3.63) is 29.8 Å². The molecule has 0 amide bonds. The molecule has 0 unspecified atom stereocenters. The van der Waals surface area contributed by atoms with Gasteiger partial charge in [-0.2, -0.15) is 5.10 Å². The van der Waals surface area contributed by atoms with Crippen molar-refractivity contribution in [3.8, 4) is 0 Å². The number of fused-ring (bicyclic) bond motifs is 2. The molecule has 2 aliphatic rings. The van der Waals surface area contributed by atoms with Gasteiger partial charge in [0.05, 0.1) is 23.5 Å². The Hall–Kier alpha value is -1.54. The Bertz CT molecular complexity index is 768. The molecule has 0 spiro atoms. The predicted octanol–water partition coefficient (Wildman–Crippen LogP) is 1.77. The second kappa shape index (κ2) is 5.23. The third kappa shape index (κ3) is 2.12. The molecule has 2 saturated heterocycles. The molecular weight excluding hydrogens is 310 g/mol. The quantitative estimate of drug-likeness (QED) is 0.922. The summed E-state index contributed by atoms with van der Waals surface area (Å²) in [5, 5.41) is 14.4. The normalized spacial score (nSPS) is 34.8. The highest BCUT2D eigenvalue weighted by atomic mass is 16.8.